The van der Waals surface area contributed by atoms with Crippen LogP contribution in [0.15, 0.2) is 52.5 Å². The van der Waals surface area contributed by atoms with Crippen molar-refractivity contribution in [2.24, 2.45) is 35.4 Å². The number of rotatable bonds is 18. The molecule has 68 heavy (non-hydrogen) atoms. The number of halogens is 1. The second kappa shape index (κ2) is 21.5. The van der Waals surface area contributed by atoms with E-state index in [0.29, 0.717) is 102 Å². The number of aryl methyl sites for hydroxylation is 2. The number of phenols is 1. The number of amides is 3. The number of nitrogens with one attached hydrogen (secondary N) is 4. The van der Waals surface area contributed by atoms with Crippen LogP contribution in [0.5, 0.6) is 17.2 Å². The average molecular weight is 955 g/mol. The third-order valence-electron chi connectivity index (χ3n) is 14.8. The van der Waals surface area contributed by atoms with E-state index in [9.17, 15) is 24.3 Å². The first-order valence-corrected chi connectivity index (χ1v) is 24.4. The summed E-state index contributed by atoms with van der Waals surface area (Å²) in [4.78, 5) is 67.3. The van der Waals surface area contributed by atoms with Crippen LogP contribution in [0, 0.1) is 23.2 Å². The summed E-state index contributed by atoms with van der Waals surface area (Å²) >= 11 is 6.56. The van der Waals surface area contributed by atoms with Crippen molar-refractivity contribution < 1.29 is 33.8 Å². The summed E-state index contributed by atoms with van der Waals surface area (Å²) in [6, 6.07) is 11.0. The molecule has 3 amide bonds. The number of unbranched alkanes of at least 4 members (excludes halogenated alkanes) is 3. The van der Waals surface area contributed by atoms with Gasteiger partial charge in [-0.1, -0.05) is 42.6 Å². The van der Waals surface area contributed by atoms with Crippen LogP contribution in [-0.2, 0) is 32.7 Å². The number of pyridine rings is 1. The van der Waals surface area contributed by atoms with Crippen molar-refractivity contribution in [3.63, 3.8) is 0 Å². The van der Waals surface area contributed by atoms with Crippen LogP contribution in [0.1, 0.15) is 94.6 Å². The van der Waals surface area contributed by atoms with E-state index in [1.165, 1.54) is 36.0 Å². The zero-order valence-electron chi connectivity index (χ0n) is 39.5. The van der Waals surface area contributed by atoms with Crippen LogP contribution in [0.3, 0.4) is 0 Å². The normalized spacial score (nSPS) is 21.6. The molecule has 3 fully saturated rings. The quantitative estimate of drug-likeness (QED) is 0.0535. The SMILES string of the molecule is CNC(=O)COc1cc2cc(Nc3nc(N4CCC(C(=O)NCCCCCCNC(=O)CO/N=C5\CCC6C7CCc8cc(O)ccc8C7CC[C@]56C)CC4)ncc3Cl)cc(OC)c2n(C)c1=O. The molecule has 1 aliphatic heterocycles. The van der Waals surface area contributed by atoms with Crippen LogP contribution in [0.2, 0.25) is 5.02 Å². The number of carbonyl (C=O) groups excluding carboxylic acids is 3. The number of hydrogen-bond acceptors (Lipinski definition) is 13. The van der Waals surface area contributed by atoms with E-state index in [-0.39, 0.29) is 48.0 Å². The maximum absolute atomic E-state index is 13.1. The Labute approximate surface area is 401 Å². The number of phenolic OH excluding ortho intramolecular Hbond substituents is 1. The first kappa shape index (κ1) is 48.4. The molecule has 4 aliphatic rings. The van der Waals surface area contributed by atoms with Crippen molar-refractivity contribution in [1.29, 1.82) is 0 Å². The Morgan fingerprint density at radius 3 is 2.49 bits per heavy atom. The smallest absolute Gasteiger partial charge is 0.293 e. The zero-order chi connectivity index (χ0) is 48.0. The number of benzene rings is 2. The average Bonchev–Trinajstić information content (AvgIpc) is 3.68. The Kier molecular flexibility index (Phi) is 15.3. The van der Waals surface area contributed by atoms with Crippen molar-refractivity contribution in [2.75, 3.05) is 63.8 Å². The Balaban J connectivity index is 0.717. The summed E-state index contributed by atoms with van der Waals surface area (Å²) < 4.78 is 12.6. The predicted molar refractivity (Wildman–Crippen MR) is 261 cm³/mol. The number of ether oxygens (including phenoxy) is 2. The highest BCUT2D eigenvalue weighted by atomic mass is 35.5. The van der Waals surface area contributed by atoms with Gasteiger partial charge in [0.15, 0.2) is 24.8 Å². The third-order valence-corrected chi connectivity index (χ3v) is 15.1. The van der Waals surface area contributed by atoms with Crippen LogP contribution in [-0.4, -0.2) is 96.6 Å². The Bertz CT molecular complexity index is 2600. The molecular weight excluding hydrogens is 890 g/mol. The fraction of sp³-hybridized carbons (Fsp3) is 0.540. The van der Waals surface area contributed by atoms with E-state index in [1.807, 2.05) is 17.0 Å². The Hall–Kier alpha value is -6.10. The largest absolute Gasteiger partial charge is 0.508 e. The fourth-order valence-corrected chi connectivity index (χ4v) is 11.2. The van der Waals surface area contributed by atoms with E-state index < -0.39 is 5.56 Å². The molecule has 4 aromatic rings. The molecule has 2 aromatic heterocycles. The topological polar surface area (TPSA) is 211 Å². The lowest BCUT2D eigenvalue weighted by molar-refractivity contribution is -0.126. The number of aromatic nitrogens is 3. The minimum absolute atomic E-state index is 0.00641. The van der Waals surface area contributed by atoms with Crippen LogP contribution in [0.25, 0.3) is 10.9 Å². The lowest BCUT2D eigenvalue weighted by Gasteiger charge is -2.49. The van der Waals surface area contributed by atoms with Gasteiger partial charge in [0.2, 0.25) is 11.9 Å². The summed E-state index contributed by atoms with van der Waals surface area (Å²) in [6.07, 6.45) is 12.8. The van der Waals surface area contributed by atoms with Gasteiger partial charge in [-0.2, -0.15) is 4.98 Å². The summed E-state index contributed by atoms with van der Waals surface area (Å²) in [6.45, 7) is 4.33. The second-order valence-corrected chi connectivity index (χ2v) is 19.3. The lowest BCUT2D eigenvalue weighted by atomic mass is 9.55. The highest BCUT2D eigenvalue weighted by Crippen LogP contribution is 2.60. The lowest BCUT2D eigenvalue weighted by Crippen LogP contribution is -2.42. The van der Waals surface area contributed by atoms with Crippen molar-refractivity contribution in [3.8, 4) is 17.2 Å². The highest BCUT2D eigenvalue weighted by Gasteiger charge is 2.53. The van der Waals surface area contributed by atoms with Gasteiger partial charge in [0.25, 0.3) is 17.4 Å². The number of aromatic hydroxyl groups is 1. The molecule has 2 aromatic carbocycles. The molecule has 4 atom stereocenters. The third kappa shape index (κ3) is 10.6. The molecule has 0 bridgehead atoms. The van der Waals surface area contributed by atoms with E-state index in [4.69, 9.17) is 30.9 Å². The summed E-state index contributed by atoms with van der Waals surface area (Å²) in [7, 11) is 4.61. The van der Waals surface area contributed by atoms with E-state index in [0.717, 1.165) is 69.9 Å². The number of carbonyl (C=O) groups is 3. The van der Waals surface area contributed by atoms with Crippen molar-refractivity contribution in [3.05, 3.63) is 69.1 Å². The minimum atomic E-state index is -0.411. The molecule has 18 heteroatoms. The van der Waals surface area contributed by atoms with E-state index in [1.54, 1.807) is 25.2 Å². The number of hydrogen-bond donors (Lipinski definition) is 5. The molecule has 364 valence electrons. The maximum atomic E-state index is 13.1. The van der Waals surface area contributed by atoms with Crippen molar-refractivity contribution in [1.82, 2.24) is 30.5 Å². The zero-order valence-corrected chi connectivity index (χ0v) is 40.3. The number of fused-ring (bicyclic) bond motifs is 6. The molecule has 1 saturated heterocycles. The molecule has 0 radical (unpaired) electrons. The molecular formula is C50H64ClN9O8. The predicted octanol–water partition coefficient (Wildman–Crippen LogP) is 6.50. The standard InChI is InChI=1S/C50H64ClN9O8/c1-50-18-15-36-35-12-10-34(61)24-31(35)9-11-37(36)38(50)13-14-42(50)58-68-29-44(63)53-19-7-5-6-8-20-54-47(64)30-16-21-60(22-17-30)49-55-27-39(51)46(57-49)56-33-23-32-25-41(67-28-43(62)52-2)48(65)59(3)45(32)40(26-33)66-4/h10,12,23-27,30,36-38,61H,5-9,11,13-22,28-29H2,1-4H3,(H,52,62)(H,53,63)(H,54,64)(H,55,56,57)/b58-42+/t36?,37?,38?,50-/m0/s1. The van der Waals surface area contributed by atoms with Gasteiger partial charge < -0.3 is 50.2 Å². The number of likely N-dealkylation sites (N-methyl/N-ethyl adjacent to an activating group) is 1. The van der Waals surface area contributed by atoms with Crippen LogP contribution < -0.4 is 41.2 Å². The molecule has 0 spiro atoms. The van der Waals surface area contributed by atoms with Gasteiger partial charge in [-0.15, -0.1) is 0 Å². The summed E-state index contributed by atoms with van der Waals surface area (Å²) in [5, 5.41) is 27.3. The number of methoxy groups -OCH3 is 1. The number of oxime groups is 1. The van der Waals surface area contributed by atoms with Gasteiger partial charge in [0.05, 0.1) is 24.5 Å². The van der Waals surface area contributed by atoms with Gasteiger partial charge in [0, 0.05) is 68.7 Å². The second-order valence-electron chi connectivity index (χ2n) is 18.9. The first-order chi connectivity index (χ1) is 32.9. The molecule has 2 saturated carbocycles. The van der Waals surface area contributed by atoms with Gasteiger partial charge in [-0.05, 0) is 117 Å². The van der Waals surface area contributed by atoms with E-state index >= 15 is 0 Å². The monoisotopic (exact) mass is 953 g/mol. The molecule has 5 N–H and O–H groups in total. The van der Waals surface area contributed by atoms with E-state index in [2.05, 4.69) is 44.4 Å². The van der Waals surface area contributed by atoms with Crippen molar-refractivity contribution >= 4 is 63.4 Å². The molecule has 3 heterocycles. The molecule has 3 unspecified atom stereocenters. The molecule has 17 nitrogen and oxygen atoms in total. The van der Waals surface area contributed by atoms with Gasteiger partial charge in [0.1, 0.15) is 16.5 Å². The van der Waals surface area contributed by atoms with Gasteiger partial charge >= 0.3 is 0 Å². The molecule has 8 rings (SSSR count). The molecule has 3 aliphatic carbocycles. The summed E-state index contributed by atoms with van der Waals surface area (Å²) in [5.41, 5.74) is 4.54. The number of anilines is 3. The summed E-state index contributed by atoms with van der Waals surface area (Å²) in [5.74, 6) is 2.80. The fourth-order valence-electron chi connectivity index (χ4n) is 11.1. The number of piperidine rings is 1. The van der Waals surface area contributed by atoms with Crippen molar-refractivity contribution in [2.45, 2.75) is 89.9 Å². The first-order valence-electron chi connectivity index (χ1n) is 24.0. The van der Waals surface area contributed by atoms with Gasteiger partial charge in [-0.3, -0.25) is 19.2 Å². The maximum Gasteiger partial charge on any atom is 0.293 e. The highest BCUT2D eigenvalue weighted by molar-refractivity contribution is 6.33. The van der Waals surface area contributed by atoms with Gasteiger partial charge in [-0.25, -0.2) is 4.98 Å². The van der Waals surface area contributed by atoms with Crippen LogP contribution in [0.4, 0.5) is 17.5 Å². The van der Waals surface area contributed by atoms with Crippen LogP contribution >= 0.6 is 11.6 Å². The number of nitrogens with zero attached hydrogens (tertiary/aromatic N) is 5. The minimum Gasteiger partial charge on any atom is -0.508 e. The Morgan fingerprint density at radius 1 is 0.941 bits per heavy atom. The Morgan fingerprint density at radius 2 is 1.72 bits per heavy atom.